The molecule has 2 fully saturated rings. The molecule has 9 unspecified atom stereocenters. The zero-order valence-electron chi connectivity index (χ0n) is 25.4. The highest BCUT2D eigenvalue weighted by Gasteiger charge is 2.53. The molecule has 0 radical (unpaired) electrons. The van der Waals surface area contributed by atoms with Crippen molar-refractivity contribution in [3.63, 3.8) is 0 Å². The lowest BCUT2D eigenvalue weighted by Gasteiger charge is -2.46. The summed E-state index contributed by atoms with van der Waals surface area (Å²) in [5.74, 6) is -2.38. The van der Waals surface area contributed by atoms with Crippen molar-refractivity contribution >= 4 is 18.0 Å². The van der Waals surface area contributed by atoms with Gasteiger partial charge in [0, 0.05) is 13.0 Å². The lowest BCUT2D eigenvalue weighted by Crippen LogP contribution is -2.65. The summed E-state index contributed by atoms with van der Waals surface area (Å²) in [7, 11) is 1.36. The second kappa shape index (κ2) is 16.2. The Labute approximate surface area is 268 Å². The van der Waals surface area contributed by atoms with Crippen molar-refractivity contribution in [3.8, 4) is 23.0 Å². The third-order valence-electron chi connectivity index (χ3n) is 7.40. The number of aliphatic hydroxyl groups excluding tert-OH is 4. The first-order valence-corrected chi connectivity index (χ1v) is 14.5. The molecule has 2 aromatic rings. The first kappa shape index (κ1) is 35.8. The van der Waals surface area contributed by atoms with Crippen molar-refractivity contribution in [2.24, 2.45) is 0 Å². The van der Waals surface area contributed by atoms with E-state index in [1.54, 1.807) is 6.07 Å². The van der Waals surface area contributed by atoms with Crippen LogP contribution >= 0.6 is 0 Å². The molecule has 2 aromatic carbocycles. The minimum Gasteiger partial charge on any atom is -0.504 e. The average Bonchev–Trinajstić information content (AvgIpc) is 3.04. The Kier molecular flexibility index (Phi) is 12.4. The molecule has 0 saturated carbocycles. The minimum atomic E-state index is -1.78. The van der Waals surface area contributed by atoms with Crippen molar-refractivity contribution < 1.29 is 78.5 Å². The molecule has 0 amide bonds. The van der Waals surface area contributed by atoms with Crippen molar-refractivity contribution in [3.05, 3.63) is 53.6 Å². The molecule has 0 aromatic heterocycles. The van der Waals surface area contributed by atoms with Crippen LogP contribution in [-0.4, -0.2) is 130 Å². The Bertz CT molecular complexity index is 1400. The number of esters is 2. The van der Waals surface area contributed by atoms with E-state index < -0.39 is 80.5 Å². The molecule has 7 N–H and O–H groups in total. The van der Waals surface area contributed by atoms with Gasteiger partial charge in [0.05, 0.1) is 26.9 Å². The molecule has 0 bridgehead atoms. The van der Waals surface area contributed by atoms with Crippen LogP contribution in [-0.2, 0) is 44.4 Å². The van der Waals surface area contributed by atoms with Crippen LogP contribution < -0.4 is 4.74 Å². The fourth-order valence-corrected chi connectivity index (χ4v) is 4.98. The second-order valence-electron chi connectivity index (χ2n) is 10.8. The number of aliphatic hydroxyl groups is 4. The summed E-state index contributed by atoms with van der Waals surface area (Å²) in [5, 5.41) is 70.2. The molecule has 4 rings (SSSR count). The molecule has 16 heteroatoms. The first-order valence-electron chi connectivity index (χ1n) is 14.5. The summed E-state index contributed by atoms with van der Waals surface area (Å²) in [5.41, 5.74) is 1.03. The maximum atomic E-state index is 13.0. The number of rotatable bonds is 12. The Morgan fingerprint density at radius 2 is 1.66 bits per heavy atom. The summed E-state index contributed by atoms with van der Waals surface area (Å²) >= 11 is 0. The number of phenolic OH excluding ortho intramolecular Hbond substituents is 3. The Hall–Kier alpha value is -4.00. The predicted molar refractivity (Wildman–Crippen MR) is 157 cm³/mol. The molecular weight excluding hydrogens is 628 g/mol. The number of ether oxygens (including phenoxy) is 7. The zero-order chi connectivity index (χ0) is 34.2. The van der Waals surface area contributed by atoms with Crippen molar-refractivity contribution in [2.45, 2.75) is 68.7 Å². The molecule has 9 atom stereocenters. The summed E-state index contributed by atoms with van der Waals surface area (Å²) in [6.07, 6.45) is -11.2. The molecule has 2 aliphatic heterocycles. The Morgan fingerprint density at radius 3 is 2.34 bits per heavy atom. The number of methoxy groups -OCH3 is 1. The number of carbonyl (C=O) groups excluding carboxylic acids is 2. The first-order chi connectivity index (χ1) is 22.4. The number of hydrogen-bond acceptors (Lipinski definition) is 16. The third kappa shape index (κ3) is 9.09. The Balaban J connectivity index is 1.60. The molecule has 0 spiro atoms. The predicted octanol–water partition coefficient (Wildman–Crippen LogP) is -0.531. The average molecular weight is 667 g/mol. The molecular formula is C31H38O16. The Morgan fingerprint density at radius 1 is 0.915 bits per heavy atom. The molecule has 2 heterocycles. The van der Waals surface area contributed by atoms with Crippen LogP contribution in [0.15, 0.2) is 42.5 Å². The maximum absolute atomic E-state index is 13.0. The van der Waals surface area contributed by atoms with E-state index in [1.165, 1.54) is 43.5 Å². The molecule has 258 valence electrons. The molecule has 16 nitrogen and oxygen atoms in total. The topological polar surface area (TPSA) is 240 Å². The highest BCUT2D eigenvalue weighted by atomic mass is 16.8. The molecule has 0 aliphatic carbocycles. The maximum Gasteiger partial charge on any atom is 0.331 e. The van der Waals surface area contributed by atoms with Gasteiger partial charge in [0.2, 0.25) is 0 Å². The van der Waals surface area contributed by atoms with Gasteiger partial charge in [-0.15, -0.1) is 0 Å². The standard InChI is InChI=1S/C31H38O16/c1-15(33)44-29-28(47-30-26(40)25(39)21(37)14-43-30)27(46-24(38)8-5-16-4-7-19(35)22(12-16)41-2)23(13-32)45-31(29)42-10-9-17-3-6-18(34)20(36)11-17/h3-8,11-12,21,23,25-32,34-37,39-40H,9-10,13-14H2,1-2H3. The van der Waals surface area contributed by atoms with Crippen LogP contribution in [0.3, 0.4) is 0 Å². The van der Waals surface area contributed by atoms with E-state index in [0.717, 1.165) is 13.0 Å². The quantitative estimate of drug-likeness (QED) is 0.0856. The van der Waals surface area contributed by atoms with Crippen LogP contribution in [0.25, 0.3) is 6.08 Å². The molecule has 2 saturated heterocycles. The largest absolute Gasteiger partial charge is 0.504 e. The lowest BCUT2D eigenvalue weighted by molar-refractivity contribution is -0.350. The van der Waals surface area contributed by atoms with E-state index in [-0.39, 0.29) is 36.0 Å². The second-order valence-corrected chi connectivity index (χ2v) is 10.8. The van der Waals surface area contributed by atoms with Crippen molar-refractivity contribution in [2.75, 3.05) is 26.9 Å². The summed E-state index contributed by atoms with van der Waals surface area (Å²) in [6, 6.07) is 8.50. The van der Waals surface area contributed by atoms with E-state index in [9.17, 15) is 45.3 Å². The fourth-order valence-electron chi connectivity index (χ4n) is 4.98. The van der Waals surface area contributed by atoms with Crippen molar-refractivity contribution in [1.82, 2.24) is 0 Å². The summed E-state index contributed by atoms with van der Waals surface area (Å²) < 4.78 is 39.3. The molecule has 2 aliphatic rings. The monoisotopic (exact) mass is 666 g/mol. The van der Waals surface area contributed by atoms with E-state index in [0.29, 0.717) is 11.1 Å². The van der Waals surface area contributed by atoms with E-state index >= 15 is 0 Å². The smallest absolute Gasteiger partial charge is 0.331 e. The van der Waals surface area contributed by atoms with Crippen LogP contribution in [0, 0.1) is 0 Å². The normalized spacial score (nSPS) is 29.4. The number of aromatic hydroxyl groups is 3. The number of hydrogen-bond donors (Lipinski definition) is 7. The third-order valence-corrected chi connectivity index (χ3v) is 7.40. The van der Waals surface area contributed by atoms with Gasteiger partial charge in [0.1, 0.15) is 30.5 Å². The SMILES string of the molecule is COc1cc(C=CC(=O)OC2C(CO)OC(OCCc3ccc(O)c(O)c3)C(OC(C)=O)C2OC2OCC(O)C(O)C2O)ccc1O. The highest BCUT2D eigenvalue weighted by molar-refractivity contribution is 5.87. The van der Waals surface area contributed by atoms with Gasteiger partial charge in [-0.05, 0) is 47.9 Å². The zero-order valence-corrected chi connectivity index (χ0v) is 25.4. The summed E-state index contributed by atoms with van der Waals surface area (Å²) in [4.78, 5) is 25.3. The van der Waals surface area contributed by atoms with Gasteiger partial charge in [0.25, 0.3) is 0 Å². The van der Waals surface area contributed by atoms with Gasteiger partial charge in [-0.1, -0.05) is 12.1 Å². The number of phenols is 3. The van der Waals surface area contributed by atoms with Crippen LogP contribution in [0.5, 0.6) is 23.0 Å². The van der Waals surface area contributed by atoms with Crippen LogP contribution in [0.4, 0.5) is 0 Å². The van der Waals surface area contributed by atoms with Crippen molar-refractivity contribution in [1.29, 1.82) is 0 Å². The van der Waals surface area contributed by atoms with E-state index in [2.05, 4.69) is 0 Å². The van der Waals surface area contributed by atoms with E-state index in [4.69, 9.17) is 33.2 Å². The molecule has 47 heavy (non-hydrogen) atoms. The van der Waals surface area contributed by atoms with Gasteiger partial charge in [-0.2, -0.15) is 0 Å². The van der Waals surface area contributed by atoms with Gasteiger partial charge in [0.15, 0.2) is 47.8 Å². The van der Waals surface area contributed by atoms with Gasteiger partial charge in [-0.3, -0.25) is 4.79 Å². The summed E-state index contributed by atoms with van der Waals surface area (Å²) in [6.45, 7) is -0.178. The van der Waals surface area contributed by atoms with Gasteiger partial charge in [-0.25, -0.2) is 4.79 Å². The number of benzene rings is 2. The van der Waals surface area contributed by atoms with Gasteiger partial charge < -0.3 is 68.9 Å². The highest BCUT2D eigenvalue weighted by Crippen LogP contribution is 2.33. The fraction of sp³-hybridized carbons (Fsp3) is 0.484. The number of carbonyl (C=O) groups is 2. The minimum absolute atomic E-state index is 0.0890. The van der Waals surface area contributed by atoms with Gasteiger partial charge >= 0.3 is 11.9 Å². The van der Waals surface area contributed by atoms with Crippen LogP contribution in [0.2, 0.25) is 0 Å². The van der Waals surface area contributed by atoms with Crippen LogP contribution in [0.1, 0.15) is 18.1 Å². The van der Waals surface area contributed by atoms with E-state index in [1.807, 2.05) is 0 Å². The lowest BCUT2D eigenvalue weighted by atomic mass is 9.97.